The molecule has 12 heavy (non-hydrogen) atoms. The first-order chi connectivity index (χ1) is 5.90. The summed E-state index contributed by atoms with van der Waals surface area (Å²) in [5.74, 6) is 0.929. The fourth-order valence-electron chi connectivity index (χ4n) is 1.36. The third kappa shape index (κ3) is 1.22. The van der Waals surface area contributed by atoms with Gasteiger partial charge in [-0.2, -0.15) is 0 Å². The summed E-state index contributed by atoms with van der Waals surface area (Å²) in [6.07, 6.45) is 4.75. The third-order valence-electron chi connectivity index (χ3n) is 2.27. The molecule has 0 heterocycles. The molecule has 0 atom stereocenters. The van der Waals surface area contributed by atoms with Crippen molar-refractivity contribution < 1.29 is 4.74 Å². The van der Waals surface area contributed by atoms with Crippen LogP contribution >= 0.6 is 0 Å². The van der Waals surface area contributed by atoms with Crippen molar-refractivity contribution in [1.29, 1.82) is 0 Å². The van der Waals surface area contributed by atoms with Crippen LogP contribution in [0.5, 0.6) is 5.75 Å². The number of allylic oxidation sites excluding steroid dienone is 2. The molecule has 0 spiro atoms. The predicted octanol–water partition coefficient (Wildman–Crippen LogP) is 2.87. The van der Waals surface area contributed by atoms with E-state index in [2.05, 4.69) is 18.2 Å². The number of hydrogen-bond acceptors (Lipinski definition) is 1. The van der Waals surface area contributed by atoms with E-state index in [4.69, 9.17) is 4.74 Å². The van der Waals surface area contributed by atoms with Crippen LogP contribution in [0.1, 0.15) is 18.4 Å². The van der Waals surface area contributed by atoms with Crippen molar-refractivity contribution in [2.24, 2.45) is 0 Å². The van der Waals surface area contributed by atoms with Crippen LogP contribution in [0, 0.1) is 0 Å². The molecular weight excluding hydrogens is 148 g/mol. The van der Waals surface area contributed by atoms with Gasteiger partial charge < -0.3 is 4.74 Å². The molecule has 0 saturated carbocycles. The fourth-order valence-corrected chi connectivity index (χ4v) is 1.36. The minimum absolute atomic E-state index is 0.929. The molecule has 62 valence electrons. The molecule has 0 aromatic heterocycles. The second-order valence-corrected chi connectivity index (χ2v) is 3.00. The van der Waals surface area contributed by atoms with E-state index in [9.17, 15) is 0 Å². The molecule has 0 aliphatic heterocycles. The topological polar surface area (TPSA) is 9.23 Å². The average molecular weight is 160 g/mol. The Hall–Kier alpha value is -1.24. The van der Waals surface area contributed by atoms with Gasteiger partial charge >= 0.3 is 0 Å². The van der Waals surface area contributed by atoms with Crippen LogP contribution in [-0.4, -0.2) is 7.11 Å². The quantitative estimate of drug-likeness (QED) is 0.646. The molecule has 2 rings (SSSR count). The Labute approximate surface area is 72.7 Å². The van der Waals surface area contributed by atoms with Gasteiger partial charge in [0.2, 0.25) is 0 Å². The van der Waals surface area contributed by atoms with Crippen molar-refractivity contribution in [3.63, 3.8) is 0 Å². The van der Waals surface area contributed by atoms with Crippen molar-refractivity contribution >= 4 is 5.57 Å². The number of rotatable bonds is 2. The Kier molecular flexibility index (Phi) is 1.86. The van der Waals surface area contributed by atoms with Crippen molar-refractivity contribution in [3.8, 4) is 5.75 Å². The minimum atomic E-state index is 0.929. The number of benzene rings is 1. The van der Waals surface area contributed by atoms with E-state index in [-0.39, 0.29) is 0 Å². The summed E-state index contributed by atoms with van der Waals surface area (Å²) in [7, 11) is 1.69. The highest BCUT2D eigenvalue weighted by atomic mass is 16.5. The van der Waals surface area contributed by atoms with Crippen LogP contribution in [0.3, 0.4) is 0 Å². The van der Waals surface area contributed by atoms with E-state index in [0.29, 0.717) is 0 Å². The maximum Gasteiger partial charge on any atom is 0.118 e. The molecule has 0 bridgehead atoms. The van der Waals surface area contributed by atoms with Gasteiger partial charge in [-0.15, -0.1) is 0 Å². The lowest BCUT2D eigenvalue weighted by Gasteiger charge is -2.14. The van der Waals surface area contributed by atoms with E-state index >= 15 is 0 Å². The van der Waals surface area contributed by atoms with Crippen molar-refractivity contribution in [1.82, 2.24) is 0 Å². The summed E-state index contributed by atoms with van der Waals surface area (Å²) in [5, 5.41) is 0. The van der Waals surface area contributed by atoms with Crippen LogP contribution in [0.25, 0.3) is 5.57 Å². The summed E-state index contributed by atoms with van der Waals surface area (Å²) in [6.45, 7) is 0. The van der Waals surface area contributed by atoms with Gasteiger partial charge in [-0.3, -0.25) is 0 Å². The average Bonchev–Trinajstić information content (AvgIpc) is 2.03. The molecule has 1 aliphatic carbocycles. The largest absolute Gasteiger partial charge is 0.497 e. The van der Waals surface area contributed by atoms with Crippen LogP contribution in [0.4, 0.5) is 0 Å². The number of ether oxygens (including phenoxy) is 1. The standard InChI is InChI=1S/C11H12O/c1-12-11-7-5-10(6-8-11)9-3-2-4-9/h3,5-8H,2,4H2,1H3. The molecule has 0 amide bonds. The Morgan fingerprint density at radius 2 is 1.83 bits per heavy atom. The Bertz CT molecular complexity index is 295. The molecule has 0 N–H and O–H groups in total. The summed E-state index contributed by atoms with van der Waals surface area (Å²) < 4.78 is 5.08. The van der Waals surface area contributed by atoms with Gasteiger partial charge in [0, 0.05) is 0 Å². The first-order valence-corrected chi connectivity index (χ1v) is 4.23. The number of methoxy groups -OCH3 is 1. The molecule has 0 saturated heterocycles. The van der Waals surface area contributed by atoms with Crippen LogP contribution in [-0.2, 0) is 0 Å². The molecule has 1 aromatic rings. The molecular formula is C11H12O. The summed E-state index contributed by atoms with van der Waals surface area (Å²) in [4.78, 5) is 0. The lowest BCUT2D eigenvalue weighted by molar-refractivity contribution is 0.415. The van der Waals surface area contributed by atoms with Gasteiger partial charge in [0.05, 0.1) is 7.11 Å². The van der Waals surface area contributed by atoms with Crippen LogP contribution in [0.15, 0.2) is 30.3 Å². The third-order valence-corrected chi connectivity index (χ3v) is 2.27. The molecule has 1 nitrogen and oxygen atoms in total. The minimum Gasteiger partial charge on any atom is -0.497 e. The van der Waals surface area contributed by atoms with Gasteiger partial charge in [0.1, 0.15) is 5.75 Å². The monoisotopic (exact) mass is 160 g/mol. The highest BCUT2D eigenvalue weighted by Crippen LogP contribution is 2.29. The van der Waals surface area contributed by atoms with E-state index < -0.39 is 0 Å². The first kappa shape index (κ1) is 7.41. The summed E-state index contributed by atoms with van der Waals surface area (Å²) in [5.41, 5.74) is 2.81. The van der Waals surface area contributed by atoms with Gasteiger partial charge in [0.25, 0.3) is 0 Å². The maximum atomic E-state index is 5.08. The Balaban J connectivity index is 2.24. The summed E-state index contributed by atoms with van der Waals surface area (Å²) in [6, 6.07) is 8.25. The lowest BCUT2D eigenvalue weighted by Crippen LogP contribution is -1.93. The zero-order chi connectivity index (χ0) is 8.39. The molecule has 1 heteroatoms. The molecule has 1 aromatic carbocycles. The van der Waals surface area contributed by atoms with Crippen LogP contribution < -0.4 is 4.74 Å². The molecule has 0 radical (unpaired) electrons. The maximum absolute atomic E-state index is 5.08. The van der Waals surface area contributed by atoms with Gasteiger partial charge in [0.15, 0.2) is 0 Å². The fraction of sp³-hybridized carbons (Fsp3) is 0.273. The SMILES string of the molecule is COc1ccc(C2=CCC2)cc1. The lowest BCUT2D eigenvalue weighted by atomic mass is 9.92. The normalized spacial score (nSPS) is 14.9. The zero-order valence-corrected chi connectivity index (χ0v) is 7.21. The zero-order valence-electron chi connectivity index (χ0n) is 7.21. The Morgan fingerprint density at radius 3 is 2.25 bits per heavy atom. The Morgan fingerprint density at radius 1 is 1.17 bits per heavy atom. The predicted molar refractivity (Wildman–Crippen MR) is 50.2 cm³/mol. The van der Waals surface area contributed by atoms with Gasteiger partial charge in [-0.05, 0) is 36.1 Å². The highest BCUT2D eigenvalue weighted by molar-refractivity contribution is 5.70. The van der Waals surface area contributed by atoms with E-state index in [0.717, 1.165) is 5.75 Å². The van der Waals surface area contributed by atoms with Crippen LogP contribution in [0.2, 0.25) is 0 Å². The van der Waals surface area contributed by atoms with Gasteiger partial charge in [-0.25, -0.2) is 0 Å². The van der Waals surface area contributed by atoms with E-state index in [1.807, 2.05) is 12.1 Å². The molecule has 0 fully saturated rings. The van der Waals surface area contributed by atoms with E-state index in [1.54, 1.807) is 7.11 Å². The highest BCUT2D eigenvalue weighted by Gasteiger charge is 2.07. The molecule has 0 unspecified atom stereocenters. The first-order valence-electron chi connectivity index (χ1n) is 4.23. The van der Waals surface area contributed by atoms with E-state index in [1.165, 1.54) is 24.0 Å². The molecule has 1 aliphatic rings. The second kappa shape index (κ2) is 3.02. The van der Waals surface area contributed by atoms with Crippen molar-refractivity contribution in [2.75, 3.05) is 7.11 Å². The van der Waals surface area contributed by atoms with Crippen molar-refractivity contribution in [3.05, 3.63) is 35.9 Å². The van der Waals surface area contributed by atoms with Gasteiger partial charge in [-0.1, -0.05) is 18.2 Å². The number of hydrogen-bond donors (Lipinski definition) is 0. The smallest absolute Gasteiger partial charge is 0.118 e. The summed E-state index contributed by atoms with van der Waals surface area (Å²) >= 11 is 0. The second-order valence-electron chi connectivity index (χ2n) is 3.00. The van der Waals surface area contributed by atoms with Crippen molar-refractivity contribution in [2.45, 2.75) is 12.8 Å².